The monoisotopic (exact) mass is 310 g/mol. The molecule has 114 valence electrons. The summed E-state index contributed by atoms with van der Waals surface area (Å²) < 4.78 is 32.1. The molecule has 21 heavy (non-hydrogen) atoms. The third kappa shape index (κ3) is 2.63. The number of hydrogen-bond acceptors (Lipinski definition) is 4. The minimum atomic E-state index is -3.51. The summed E-state index contributed by atoms with van der Waals surface area (Å²) in [5.74, 6) is 0.202. The lowest BCUT2D eigenvalue weighted by molar-refractivity contribution is -0.122. The average Bonchev–Trinajstić information content (AvgIpc) is 2.94. The zero-order valence-electron chi connectivity index (χ0n) is 11.6. The number of carbonyl (C=O) groups excluding carboxylic acids is 1. The first kappa shape index (κ1) is 14.3. The standard InChI is InChI=1S/C14H18N2O4S/c15-14(17)10-3-6-16(7-4-10)21(18,19)12-1-2-13-11(9-12)5-8-20-13/h1-2,9-10H,3-8H2,(H2,15,17). The predicted molar refractivity (Wildman–Crippen MR) is 76.3 cm³/mol. The van der Waals surface area contributed by atoms with Crippen molar-refractivity contribution in [2.75, 3.05) is 19.7 Å². The number of benzene rings is 1. The fraction of sp³-hybridized carbons (Fsp3) is 0.500. The van der Waals surface area contributed by atoms with Crippen LogP contribution in [0.25, 0.3) is 0 Å². The highest BCUT2D eigenvalue weighted by atomic mass is 32.2. The third-order valence-electron chi connectivity index (χ3n) is 4.15. The third-order valence-corrected chi connectivity index (χ3v) is 6.05. The lowest BCUT2D eigenvalue weighted by Crippen LogP contribution is -2.41. The van der Waals surface area contributed by atoms with E-state index in [-0.39, 0.29) is 11.8 Å². The van der Waals surface area contributed by atoms with Crippen LogP contribution in [0.2, 0.25) is 0 Å². The number of nitrogens with two attached hydrogens (primary N) is 1. The summed E-state index contributed by atoms with van der Waals surface area (Å²) in [5.41, 5.74) is 6.21. The van der Waals surface area contributed by atoms with Gasteiger partial charge in [-0.15, -0.1) is 0 Å². The summed E-state index contributed by atoms with van der Waals surface area (Å²) in [6, 6.07) is 4.99. The van der Waals surface area contributed by atoms with Crippen LogP contribution in [0.1, 0.15) is 18.4 Å². The molecule has 0 radical (unpaired) electrons. The van der Waals surface area contributed by atoms with E-state index < -0.39 is 10.0 Å². The second-order valence-electron chi connectivity index (χ2n) is 5.45. The van der Waals surface area contributed by atoms with E-state index in [9.17, 15) is 13.2 Å². The maximum absolute atomic E-state index is 12.6. The van der Waals surface area contributed by atoms with Crippen molar-refractivity contribution in [3.05, 3.63) is 23.8 Å². The zero-order valence-corrected chi connectivity index (χ0v) is 12.4. The lowest BCUT2D eigenvalue weighted by Gasteiger charge is -2.29. The van der Waals surface area contributed by atoms with Crippen LogP contribution >= 0.6 is 0 Å². The summed E-state index contributed by atoms with van der Waals surface area (Å²) in [6.07, 6.45) is 1.72. The SMILES string of the molecule is NC(=O)C1CCN(S(=O)(=O)c2ccc3c(c2)CCO3)CC1. The highest BCUT2D eigenvalue weighted by molar-refractivity contribution is 7.89. The van der Waals surface area contributed by atoms with Crippen LogP contribution in [0.5, 0.6) is 5.75 Å². The normalized spacial score (nSPS) is 20.0. The molecule has 1 fully saturated rings. The number of primary amides is 1. The van der Waals surface area contributed by atoms with Gasteiger partial charge >= 0.3 is 0 Å². The largest absolute Gasteiger partial charge is 0.493 e. The van der Waals surface area contributed by atoms with E-state index in [1.807, 2.05) is 0 Å². The molecule has 2 N–H and O–H groups in total. The van der Waals surface area contributed by atoms with Crippen molar-refractivity contribution < 1.29 is 17.9 Å². The summed E-state index contributed by atoms with van der Waals surface area (Å²) in [7, 11) is -3.51. The average molecular weight is 310 g/mol. The van der Waals surface area contributed by atoms with Gasteiger partial charge in [-0.25, -0.2) is 8.42 Å². The molecule has 0 saturated carbocycles. The molecule has 2 aliphatic heterocycles. The van der Waals surface area contributed by atoms with E-state index in [1.165, 1.54) is 4.31 Å². The van der Waals surface area contributed by atoms with Gasteiger partial charge in [0, 0.05) is 25.4 Å². The molecule has 2 heterocycles. The van der Waals surface area contributed by atoms with Crippen molar-refractivity contribution >= 4 is 15.9 Å². The summed E-state index contributed by atoms with van der Waals surface area (Å²) >= 11 is 0. The molecule has 0 spiro atoms. The first-order chi connectivity index (χ1) is 9.98. The number of hydrogen-bond donors (Lipinski definition) is 1. The highest BCUT2D eigenvalue weighted by Crippen LogP contribution is 2.30. The zero-order chi connectivity index (χ0) is 15.0. The van der Waals surface area contributed by atoms with Crippen molar-refractivity contribution in [3.8, 4) is 5.75 Å². The molecule has 0 aliphatic carbocycles. The Morgan fingerprint density at radius 2 is 2.00 bits per heavy atom. The number of sulfonamides is 1. The van der Waals surface area contributed by atoms with Gasteiger partial charge in [0.05, 0.1) is 11.5 Å². The molecule has 7 heteroatoms. The molecule has 0 bridgehead atoms. The Hall–Kier alpha value is -1.60. The van der Waals surface area contributed by atoms with Gasteiger partial charge in [-0.1, -0.05) is 0 Å². The smallest absolute Gasteiger partial charge is 0.243 e. The van der Waals surface area contributed by atoms with Crippen LogP contribution in [-0.4, -0.2) is 38.3 Å². The molecule has 2 aliphatic rings. The van der Waals surface area contributed by atoms with Gasteiger partial charge in [-0.05, 0) is 36.6 Å². The van der Waals surface area contributed by atoms with E-state index in [4.69, 9.17) is 10.5 Å². The molecule has 1 amide bonds. The van der Waals surface area contributed by atoms with Crippen LogP contribution in [0.15, 0.2) is 23.1 Å². The maximum atomic E-state index is 12.6. The number of ether oxygens (including phenoxy) is 1. The predicted octanol–water partition coefficient (Wildman–Crippen LogP) is 0.507. The molecule has 1 aromatic carbocycles. The Balaban J connectivity index is 1.80. The number of carbonyl (C=O) groups is 1. The molecule has 1 saturated heterocycles. The van der Waals surface area contributed by atoms with Gasteiger partial charge in [-0.3, -0.25) is 4.79 Å². The van der Waals surface area contributed by atoms with Crippen LogP contribution in [0.3, 0.4) is 0 Å². The maximum Gasteiger partial charge on any atom is 0.243 e. The Morgan fingerprint density at radius 3 is 2.67 bits per heavy atom. The Morgan fingerprint density at radius 1 is 1.29 bits per heavy atom. The fourth-order valence-corrected chi connectivity index (χ4v) is 4.37. The number of rotatable bonds is 3. The molecule has 0 aromatic heterocycles. The summed E-state index contributed by atoms with van der Waals surface area (Å²) in [6.45, 7) is 1.27. The van der Waals surface area contributed by atoms with Gasteiger partial charge in [0.2, 0.25) is 15.9 Å². The molecule has 0 unspecified atom stereocenters. The Labute approximate surface area is 123 Å². The fourth-order valence-electron chi connectivity index (χ4n) is 2.85. The van der Waals surface area contributed by atoms with Crippen LogP contribution < -0.4 is 10.5 Å². The molecular formula is C14H18N2O4S. The van der Waals surface area contributed by atoms with Crippen LogP contribution in [-0.2, 0) is 21.2 Å². The van der Waals surface area contributed by atoms with Gasteiger partial charge in [0.25, 0.3) is 0 Å². The van der Waals surface area contributed by atoms with E-state index >= 15 is 0 Å². The van der Waals surface area contributed by atoms with Crippen molar-refractivity contribution in [1.29, 1.82) is 0 Å². The number of piperidine rings is 1. The van der Waals surface area contributed by atoms with Gasteiger partial charge < -0.3 is 10.5 Å². The molecule has 0 atom stereocenters. The van der Waals surface area contributed by atoms with Crippen molar-refractivity contribution in [2.24, 2.45) is 11.7 Å². The first-order valence-electron chi connectivity index (χ1n) is 7.03. The second kappa shape index (κ2) is 5.31. The topological polar surface area (TPSA) is 89.7 Å². The van der Waals surface area contributed by atoms with Gasteiger partial charge in [0.15, 0.2) is 0 Å². The van der Waals surface area contributed by atoms with Gasteiger partial charge in [0.1, 0.15) is 5.75 Å². The molecular weight excluding hydrogens is 292 g/mol. The van der Waals surface area contributed by atoms with Crippen LogP contribution in [0, 0.1) is 5.92 Å². The van der Waals surface area contributed by atoms with E-state index in [0.29, 0.717) is 37.4 Å². The van der Waals surface area contributed by atoms with E-state index in [2.05, 4.69) is 0 Å². The summed E-state index contributed by atoms with van der Waals surface area (Å²) in [5, 5.41) is 0. The molecule has 3 rings (SSSR count). The molecule has 1 aromatic rings. The minimum Gasteiger partial charge on any atom is -0.493 e. The number of amides is 1. The van der Waals surface area contributed by atoms with E-state index in [1.54, 1.807) is 18.2 Å². The Bertz CT molecular complexity index is 664. The Kier molecular flexibility index (Phi) is 3.62. The van der Waals surface area contributed by atoms with Crippen molar-refractivity contribution in [1.82, 2.24) is 4.31 Å². The van der Waals surface area contributed by atoms with Gasteiger partial charge in [-0.2, -0.15) is 4.31 Å². The summed E-state index contributed by atoms with van der Waals surface area (Å²) in [4.78, 5) is 11.4. The van der Waals surface area contributed by atoms with E-state index in [0.717, 1.165) is 17.7 Å². The highest BCUT2D eigenvalue weighted by Gasteiger charge is 2.31. The van der Waals surface area contributed by atoms with Crippen LogP contribution in [0.4, 0.5) is 0 Å². The number of nitrogens with zero attached hydrogens (tertiary/aromatic N) is 1. The quantitative estimate of drug-likeness (QED) is 0.880. The number of fused-ring (bicyclic) bond motifs is 1. The van der Waals surface area contributed by atoms with Crippen molar-refractivity contribution in [3.63, 3.8) is 0 Å². The van der Waals surface area contributed by atoms with Crippen molar-refractivity contribution in [2.45, 2.75) is 24.2 Å². The lowest BCUT2D eigenvalue weighted by atomic mass is 9.98. The molecule has 6 nitrogen and oxygen atoms in total. The minimum absolute atomic E-state index is 0.218. The second-order valence-corrected chi connectivity index (χ2v) is 7.39. The first-order valence-corrected chi connectivity index (χ1v) is 8.47.